The van der Waals surface area contributed by atoms with Gasteiger partial charge in [-0.15, -0.1) is 0 Å². The summed E-state index contributed by atoms with van der Waals surface area (Å²) in [7, 11) is 0. The van der Waals surface area contributed by atoms with Crippen LogP contribution in [0.15, 0.2) is 36.4 Å². The number of anilines is 2. The number of halogens is 1. The van der Waals surface area contributed by atoms with Crippen LogP contribution in [0.3, 0.4) is 0 Å². The number of amides is 1. The topological polar surface area (TPSA) is 44.8 Å². The van der Waals surface area contributed by atoms with Gasteiger partial charge in [-0.2, -0.15) is 0 Å². The molecule has 2 aromatic rings. The molecular formula is C22H28ClN3O2. The molecule has 1 amide bonds. The molecule has 1 heterocycles. The Morgan fingerprint density at radius 2 is 1.82 bits per heavy atom. The molecule has 1 N–H and O–H groups in total. The predicted molar refractivity (Wildman–Crippen MR) is 116 cm³/mol. The molecule has 6 heteroatoms. The average Bonchev–Trinajstić information content (AvgIpc) is 2.70. The molecule has 0 saturated carbocycles. The fourth-order valence-electron chi connectivity index (χ4n) is 3.35. The highest BCUT2D eigenvalue weighted by atomic mass is 35.5. The smallest absolute Gasteiger partial charge is 0.262 e. The number of carbonyl (C=O) groups is 1. The maximum absolute atomic E-state index is 12.3. The van der Waals surface area contributed by atoms with Gasteiger partial charge in [0.05, 0.1) is 0 Å². The largest absolute Gasteiger partial charge is 0.484 e. The van der Waals surface area contributed by atoms with Gasteiger partial charge in [0.1, 0.15) is 5.75 Å². The molecule has 0 spiro atoms. The maximum atomic E-state index is 12.3. The van der Waals surface area contributed by atoms with Crippen LogP contribution >= 0.6 is 11.6 Å². The van der Waals surface area contributed by atoms with E-state index in [0.29, 0.717) is 10.8 Å². The lowest BCUT2D eigenvalue weighted by atomic mass is 10.1. The summed E-state index contributed by atoms with van der Waals surface area (Å²) >= 11 is 6.01. The second-order valence-electron chi connectivity index (χ2n) is 7.17. The molecule has 0 aliphatic carbocycles. The number of piperazine rings is 1. The Labute approximate surface area is 172 Å². The highest BCUT2D eigenvalue weighted by Crippen LogP contribution is 2.24. The van der Waals surface area contributed by atoms with E-state index < -0.39 is 0 Å². The summed E-state index contributed by atoms with van der Waals surface area (Å²) in [4.78, 5) is 17.1. The molecule has 0 radical (unpaired) electrons. The molecule has 28 heavy (non-hydrogen) atoms. The first-order valence-corrected chi connectivity index (χ1v) is 10.1. The van der Waals surface area contributed by atoms with E-state index in [1.807, 2.05) is 26.0 Å². The minimum absolute atomic E-state index is 0.0404. The van der Waals surface area contributed by atoms with Crippen LogP contribution < -0.4 is 15.0 Å². The summed E-state index contributed by atoms with van der Waals surface area (Å²) in [6.45, 7) is 11.4. The molecule has 0 unspecified atom stereocenters. The molecule has 0 aromatic heterocycles. The lowest BCUT2D eigenvalue weighted by molar-refractivity contribution is -0.118. The summed E-state index contributed by atoms with van der Waals surface area (Å²) < 4.78 is 5.57. The molecule has 0 bridgehead atoms. The Hall–Kier alpha value is -2.24. The number of rotatable bonds is 6. The van der Waals surface area contributed by atoms with Crippen molar-refractivity contribution >= 4 is 28.9 Å². The fraction of sp³-hybridized carbons (Fsp3) is 0.409. The third-order valence-electron chi connectivity index (χ3n) is 5.17. The van der Waals surface area contributed by atoms with E-state index in [0.717, 1.165) is 49.5 Å². The number of ether oxygens (including phenoxy) is 1. The molecule has 1 aliphatic rings. The number of aryl methyl sites for hydroxylation is 2. The number of carbonyl (C=O) groups excluding carboxylic acids is 1. The van der Waals surface area contributed by atoms with Gasteiger partial charge in [0.25, 0.3) is 5.91 Å². The zero-order valence-electron chi connectivity index (χ0n) is 16.8. The number of hydrogen-bond acceptors (Lipinski definition) is 4. The van der Waals surface area contributed by atoms with Crippen molar-refractivity contribution in [1.82, 2.24) is 4.90 Å². The lowest BCUT2D eigenvalue weighted by Gasteiger charge is -2.35. The summed E-state index contributed by atoms with van der Waals surface area (Å²) in [6, 6.07) is 11.6. The third kappa shape index (κ3) is 5.18. The zero-order chi connectivity index (χ0) is 20.1. The second kappa shape index (κ2) is 9.30. The van der Waals surface area contributed by atoms with E-state index in [4.69, 9.17) is 16.3 Å². The van der Waals surface area contributed by atoms with Crippen LogP contribution in [-0.2, 0) is 4.79 Å². The number of nitrogens with one attached hydrogen (secondary N) is 1. The molecule has 3 rings (SSSR count). The quantitative estimate of drug-likeness (QED) is 0.790. The average molecular weight is 402 g/mol. The van der Waals surface area contributed by atoms with E-state index in [1.54, 1.807) is 12.1 Å². The third-order valence-corrected chi connectivity index (χ3v) is 5.59. The highest BCUT2D eigenvalue weighted by molar-refractivity contribution is 6.31. The van der Waals surface area contributed by atoms with Crippen LogP contribution in [-0.4, -0.2) is 50.1 Å². The molecule has 0 atom stereocenters. The molecule has 1 fully saturated rings. The van der Waals surface area contributed by atoms with Crippen molar-refractivity contribution < 1.29 is 9.53 Å². The Balaban J connectivity index is 1.55. The van der Waals surface area contributed by atoms with Crippen LogP contribution in [0, 0.1) is 13.8 Å². The normalized spacial score (nSPS) is 14.8. The van der Waals surface area contributed by atoms with Crippen molar-refractivity contribution in [3.63, 3.8) is 0 Å². The molecule has 150 valence electrons. The fourth-order valence-corrected chi connectivity index (χ4v) is 3.47. The van der Waals surface area contributed by atoms with Crippen LogP contribution in [0.25, 0.3) is 0 Å². The monoisotopic (exact) mass is 401 g/mol. The summed E-state index contributed by atoms with van der Waals surface area (Å²) in [5.74, 6) is 0.454. The first-order valence-electron chi connectivity index (χ1n) is 9.73. The van der Waals surface area contributed by atoms with E-state index in [9.17, 15) is 4.79 Å². The Morgan fingerprint density at radius 1 is 1.07 bits per heavy atom. The van der Waals surface area contributed by atoms with E-state index in [-0.39, 0.29) is 12.5 Å². The summed E-state index contributed by atoms with van der Waals surface area (Å²) in [6.07, 6.45) is 0. The van der Waals surface area contributed by atoms with Gasteiger partial charge < -0.3 is 19.9 Å². The van der Waals surface area contributed by atoms with Crippen molar-refractivity contribution in [2.75, 3.05) is 49.5 Å². The van der Waals surface area contributed by atoms with Crippen molar-refractivity contribution in [1.29, 1.82) is 0 Å². The minimum atomic E-state index is -0.181. The van der Waals surface area contributed by atoms with Gasteiger partial charge in [-0.3, -0.25) is 4.79 Å². The molecule has 1 saturated heterocycles. The lowest BCUT2D eigenvalue weighted by Crippen LogP contribution is -2.46. The van der Waals surface area contributed by atoms with Crippen LogP contribution in [0.2, 0.25) is 5.02 Å². The number of likely N-dealkylation sites (N-methyl/N-ethyl adjacent to an activating group) is 1. The minimum Gasteiger partial charge on any atom is -0.484 e. The van der Waals surface area contributed by atoms with E-state index in [2.05, 4.69) is 34.2 Å². The maximum Gasteiger partial charge on any atom is 0.262 e. The van der Waals surface area contributed by atoms with Gasteiger partial charge in [0.15, 0.2) is 6.61 Å². The van der Waals surface area contributed by atoms with Gasteiger partial charge >= 0.3 is 0 Å². The molecule has 1 aliphatic heterocycles. The van der Waals surface area contributed by atoms with Crippen molar-refractivity contribution in [3.8, 4) is 5.75 Å². The van der Waals surface area contributed by atoms with E-state index in [1.165, 1.54) is 5.69 Å². The summed E-state index contributed by atoms with van der Waals surface area (Å²) in [5, 5.41) is 3.62. The standard InChI is InChI=1S/C22H28ClN3O2/c1-4-25-9-11-26(12-10-25)18-5-8-21(17(3)13-18)24-22(27)15-28-19-6-7-20(23)16(2)14-19/h5-8,13-14H,4,9-12,15H2,1-3H3,(H,24,27). The van der Waals surface area contributed by atoms with Crippen molar-refractivity contribution in [2.45, 2.75) is 20.8 Å². The SMILES string of the molecule is CCN1CCN(c2ccc(NC(=O)COc3ccc(Cl)c(C)c3)c(C)c2)CC1. The highest BCUT2D eigenvalue weighted by Gasteiger charge is 2.16. The summed E-state index contributed by atoms with van der Waals surface area (Å²) in [5.41, 5.74) is 3.99. The first-order chi connectivity index (χ1) is 13.5. The van der Waals surface area contributed by atoms with Gasteiger partial charge in [0.2, 0.25) is 0 Å². The zero-order valence-corrected chi connectivity index (χ0v) is 17.6. The van der Waals surface area contributed by atoms with Crippen molar-refractivity contribution in [3.05, 3.63) is 52.5 Å². The van der Waals surface area contributed by atoms with Gasteiger partial charge in [-0.1, -0.05) is 18.5 Å². The second-order valence-corrected chi connectivity index (χ2v) is 7.58. The van der Waals surface area contributed by atoms with Crippen LogP contribution in [0.4, 0.5) is 11.4 Å². The van der Waals surface area contributed by atoms with Crippen molar-refractivity contribution in [2.24, 2.45) is 0 Å². The van der Waals surface area contributed by atoms with E-state index >= 15 is 0 Å². The van der Waals surface area contributed by atoms with Crippen LogP contribution in [0.1, 0.15) is 18.1 Å². The number of hydrogen-bond donors (Lipinski definition) is 1. The number of benzene rings is 2. The Morgan fingerprint density at radius 3 is 2.46 bits per heavy atom. The molecular weight excluding hydrogens is 374 g/mol. The molecule has 5 nitrogen and oxygen atoms in total. The predicted octanol–water partition coefficient (Wildman–Crippen LogP) is 4.12. The van der Waals surface area contributed by atoms with Gasteiger partial charge in [0, 0.05) is 42.6 Å². The number of nitrogens with zero attached hydrogens (tertiary/aromatic N) is 2. The van der Waals surface area contributed by atoms with Crippen LogP contribution in [0.5, 0.6) is 5.75 Å². The molecule has 2 aromatic carbocycles. The van der Waals surface area contributed by atoms with Gasteiger partial charge in [-0.05, 0) is 67.9 Å². The first kappa shape index (κ1) is 20.5. The Bertz CT molecular complexity index is 833. The Kier molecular flexibility index (Phi) is 6.81. The van der Waals surface area contributed by atoms with Gasteiger partial charge in [-0.25, -0.2) is 0 Å².